The van der Waals surface area contributed by atoms with Crippen molar-refractivity contribution >= 4 is 29.2 Å². The van der Waals surface area contributed by atoms with Gasteiger partial charge in [0.1, 0.15) is 0 Å². The van der Waals surface area contributed by atoms with Gasteiger partial charge in [-0.3, -0.25) is 4.98 Å². The lowest BCUT2D eigenvalue weighted by molar-refractivity contribution is 0.219. The van der Waals surface area contributed by atoms with E-state index in [-0.39, 0.29) is 6.03 Å². The van der Waals surface area contributed by atoms with E-state index in [0.717, 1.165) is 55.3 Å². The number of benzene rings is 1. The van der Waals surface area contributed by atoms with Gasteiger partial charge in [0.25, 0.3) is 0 Å². The van der Waals surface area contributed by atoms with Crippen LogP contribution >= 0.6 is 11.8 Å². The first kappa shape index (κ1) is 19.1. The Morgan fingerprint density at radius 3 is 2.54 bits per heavy atom. The predicted octanol–water partition coefficient (Wildman–Crippen LogP) is 4.49. The van der Waals surface area contributed by atoms with Crippen molar-refractivity contribution in [3.05, 3.63) is 48.3 Å². The molecule has 1 N–H and O–H groups in total. The molecule has 3 heterocycles. The highest BCUT2D eigenvalue weighted by atomic mass is 32.2. The van der Waals surface area contributed by atoms with Crippen LogP contribution in [0.1, 0.15) is 18.5 Å². The van der Waals surface area contributed by atoms with Gasteiger partial charge in [0.05, 0.1) is 5.69 Å². The number of thioether (sulfide) groups is 1. The van der Waals surface area contributed by atoms with Gasteiger partial charge in [-0.2, -0.15) is 0 Å². The number of rotatable bonds is 3. The van der Waals surface area contributed by atoms with Crippen LogP contribution in [0.25, 0.3) is 0 Å². The van der Waals surface area contributed by atoms with Crippen molar-refractivity contribution < 1.29 is 4.79 Å². The lowest BCUT2D eigenvalue weighted by Crippen LogP contribution is -2.34. The molecule has 0 spiro atoms. The molecular formula is C22H28N4OS. The minimum Gasteiger partial charge on any atom is -0.371 e. The average molecular weight is 397 g/mol. The van der Waals surface area contributed by atoms with E-state index < -0.39 is 0 Å². The number of urea groups is 1. The first-order valence-corrected chi connectivity index (χ1v) is 11.2. The molecule has 0 unspecified atom stereocenters. The number of anilines is 2. The molecule has 2 atom stereocenters. The third-order valence-electron chi connectivity index (χ3n) is 6.00. The number of carbonyl (C=O) groups excluding carboxylic acids is 1. The predicted molar refractivity (Wildman–Crippen MR) is 116 cm³/mol. The van der Waals surface area contributed by atoms with Gasteiger partial charge in [0.2, 0.25) is 0 Å². The lowest BCUT2D eigenvalue weighted by atomic mass is 9.92. The highest BCUT2D eigenvalue weighted by Crippen LogP contribution is 2.34. The second-order valence-electron chi connectivity index (χ2n) is 7.78. The van der Waals surface area contributed by atoms with E-state index in [2.05, 4.69) is 27.3 Å². The summed E-state index contributed by atoms with van der Waals surface area (Å²) in [6, 6.07) is 12.3. The number of para-hydroxylation sites is 1. The Morgan fingerprint density at radius 1 is 1.14 bits per heavy atom. The minimum atomic E-state index is 0.0381. The fraction of sp³-hybridized carbons (Fsp3) is 0.455. The lowest BCUT2D eigenvalue weighted by Gasteiger charge is -2.24. The van der Waals surface area contributed by atoms with Crippen molar-refractivity contribution in [3.8, 4) is 0 Å². The Hall–Kier alpha value is -2.21. The van der Waals surface area contributed by atoms with Crippen molar-refractivity contribution in [2.45, 2.75) is 24.7 Å². The second kappa shape index (κ2) is 8.43. The number of nitrogens with one attached hydrogen (secondary N) is 1. The molecule has 2 aliphatic heterocycles. The summed E-state index contributed by atoms with van der Waals surface area (Å²) < 4.78 is 0. The van der Waals surface area contributed by atoms with Crippen molar-refractivity contribution in [1.82, 2.24) is 9.88 Å². The molecule has 2 aromatic rings. The third-order valence-corrected chi connectivity index (χ3v) is 6.79. The fourth-order valence-corrected chi connectivity index (χ4v) is 5.00. The van der Waals surface area contributed by atoms with Gasteiger partial charge in [0, 0.05) is 48.7 Å². The molecule has 4 rings (SSSR count). The Morgan fingerprint density at radius 2 is 1.86 bits per heavy atom. The van der Waals surface area contributed by atoms with E-state index >= 15 is 0 Å². The molecule has 28 heavy (non-hydrogen) atoms. The van der Waals surface area contributed by atoms with E-state index in [1.807, 2.05) is 48.5 Å². The Balaban J connectivity index is 1.37. The van der Waals surface area contributed by atoms with Gasteiger partial charge in [-0.05, 0) is 62.1 Å². The summed E-state index contributed by atoms with van der Waals surface area (Å²) in [7, 11) is 0. The maximum atomic E-state index is 12.8. The standard InChI is InChI=1S/C22H28N4OS/c1-16-13-19(7-10-23-16)25-11-8-17-14-26(15-18(17)9-12-25)22(27)24-20-5-3-4-6-21(20)28-2/h3-7,10,13,17-18H,8-9,11-12,14-15H2,1-2H3,(H,24,27)/t17-,18+. The van der Waals surface area contributed by atoms with Crippen molar-refractivity contribution in [2.24, 2.45) is 11.8 Å². The van der Waals surface area contributed by atoms with Crippen LogP contribution < -0.4 is 10.2 Å². The molecule has 2 fully saturated rings. The molecule has 2 saturated heterocycles. The van der Waals surface area contributed by atoms with Crippen LogP contribution in [-0.2, 0) is 0 Å². The smallest absolute Gasteiger partial charge is 0.321 e. The molecule has 148 valence electrons. The molecule has 2 amide bonds. The van der Waals surface area contributed by atoms with Crippen LogP contribution in [0.4, 0.5) is 16.2 Å². The topological polar surface area (TPSA) is 48.5 Å². The number of fused-ring (bicyclic) bond motifs is 1. The van der Waals surface area contributed by atoms with Crippen LogP contribution in [0, 0.1) is 18.8 Å². The largest absolute Gasteiger partial charge is 0.371 e. The van der Waals surface area contributed by atoms with E-state index in [1.54, 1.807) is 11.8 Å². The van der Waals surface area contributed by atoms with Crippen LogP contribution in [-0.4, -0.2) is 48.3 Å². The highest BCUT2D eigenvalue weighted by molar-refractivity contribution is 7.98. The number of amides is 2. The number of aromatic nitrogens is 1. The maximum Gasteiger partial charge on any atom is 0.321 e. The van der Waals surface area contributed by atoms with E-state index in [0.29, 0.717) is 11.8 Å². The molecule has 2 aliphatic rings. The van der Waals surface area contributed by atoms with E-state index in [9.17, 15) is 4.79 Å². The molecule has 6 heteroatoms. The van der Waals surface area contributed by atoms with E-state index in [4.69, 9.17) is 0 Å². The fourth-order valence-electron chi connectivity index (χ4n) is 4.44. The molecular weight excluding hydrogens is 368 g/mol. The summed E-state index contributed by atoms with van der Waals surface area (Å²) in [6.45, 7) is 5.87. The number of nitrogens with zero attached hydrogens (tertiary/aromatic N) is 3. The molecule has 0 aliphatic carbocycles. The summed E-state index contributed by atoms with van der Waals surface area (Å²) in [6.07, 6.45) is 6.21. The minimum absolute atomic E-state index is 0.0381. The number of pyridine rings is 1. The monoisotopic (exact) mass is 396 g/mol. The number of carbonyl (C=O) groups is 1. The van der Waals surface area contributed by atoms with E-state index in [1.165, 1.54) is 5.69 Å². The van der Waals surface area contributed by atoms with Gasteiger partial charge in [0.15, 0.2) is 0 Å². The Labute approximate surface area is 171 Å². The van der Waals surface area contributed by atoms with Crippen LogP contribution in [0.5, 0.6) is 0 Å². The van der Waals surface area contributed by atoms with Gasteiger partial charge in [-0.15, -0.1) is 11.8 Å². The number of hydrogen-bond acceptors (Lipinski definition) is 4. The summed E-state index contributed by atoms with van der Waals surface area (Å²) in [5.74, 6) is 1.18. The zero-order valence-electron chi connectivity index (χ0n) is 16.6. The Bertz CT molecular complexity index is 827. The Kier molecular flexibility index (Phi) is 5.76. The molecule has 0 radical (unpaired) electrons. The average Bonchev–Trinajstić information content (AvgIpc) is 3.01. The number of likely N-dealkylation sites (tertiary alicyclic amines) is 1. The first-order valence-electron chi connectivity index (χ1n) is 10.0. The summed E-state index contributed by atoms with van der Waals surface area (Å²) in [5, 5.41) is 3.12. The van der Waals surface area contributed by atoms with Gasteiger partial charge in [-0.1, -0.05) is 12.1 Å². The van der Waals surface area contributed by atoms with Crippen LogP contribution in [0.2, 0.25) is 0 Å². The molecule has 0 saturated carbocycles. The summed E-state index contributed by atoms with van der Waals surface area (Å²) in [4.78, 5) is 22.7. The molecule has 0 bridgehead atoms. The number of aryl methyl sites for hydroxylation is 1. The van der Waals surface area contributed by atoms with Gasteiger partial charge in [-0.25, -0.2) is 4.79 Å². The zero-order valence-corrected chi connectivity index (χ0v) is 17.4. The third kappa shape index (κ3) is 4.12. The van der Waals surface area contributed by atoms with Gasteiger partial charge >= 0.3 is 6.03 Å². The summed E-state index contributed by atoms with van der Waals surface area (Å²) >= 11 is 1.66. The second-order valence-corrected chi connectivity index (χ2v) is 8.62. The van der Waals surface area contributed by atoms with Crippen molar-refractivity contribution in [1.29, 1.82) is 0 Å². The van der Waals surface area contributed by atoms with Crippen LogP contribution in [0.15, 0.2) is 47.5 Å². The molecule has 1 aromatic carbocycles. The van der Waals surface area contributed by atoms with Crippen LogP contribution in [0.3, 0.4) is 0 Å². The normalized spacial score (nSPS) is 21.9. The van der Waals surface area contributed by atoms with Gasteiger partial charge < -0.3 is 15.1 Å². The quantitative estimate of drug-likeness (QED) is 0.777. The highest BCUT2D eigenvalue weighted by Gasteiger charge is 2.37. The first-order chi connectivity index (χ1) is 13.6. The van der Waals surface area contributed by atoms with Crippen molar-refractivity contribution in [2.75, 3.05) is 42.7 Å². The van der Waals surface area contributed by atoms with Crippen molar-refractivity contribution in [3.63, 3.8) is 0 Å². The zero-order chi connectivity index (χ0) is 19.5. The summed E-state index contributed by atoms with van der Waals surface area (Å²) in [5.41, 5.74) is 3.25. The molecule has 1 aromatic heterocycles. The SMILES string of the molecule is CSc1ccccc1NC(=O)N1C[C@H]2CCN(c3ccnc(C)c3)CC[C@H]2C1. The molecule has 5 nitrogen and oxygen atoms in total. The number of hydrogen-bond donors (Lipinski definition) is 1. The maximum absolute atomic E-state index is 12.8.